The minimum absolute atomic E-state index is 0.0830. The van der Waals surface area contributed by atoms with Crippen molar-refractivity contribution in [2.45, 2.75) is 46.1 Å². The van der Waals surface area contributed by atoms with Gasteiger partial charge in [-0.3, -0.25) is 4.79 Å². The maximum absolute atomic E-state index is 13.8. The van der Waals surface area contributed by atoms with E-state index in [-0.39, 0.29) is 17.4 Å². The van der Waals surface area contributed by atoms with Gasteiger partial charge in [0.1, 0.15) is 11.6 Å². The second-order valence-corrected chi connectivity index (χ2v) is 8.46. The van der Waals surface area contributed by atoms with E-state index in [1.54, 1.807) is 23.6 Å². The molecule has 1 aliphatic carbocycles. The molecule has 1 saturated carbocycles. The Morgan fingerprint density at radius 3 is 2.60 bits per heavy atom. The molecule has 0 aliphatic heterocycles. The van der Waals surface area contributed by atoms with Crippen LogP contribution >= 0.6 is 0 Å². The van der Waals surface area contributed by atoms with Crippen molar-refractivity contribution in [3.8, 4) is 11.3 Å². The molecule has 30 heavy (non-hydrogen) atoms. The molecule has 1 aliphatic rings. The van der Waals surface area contributed by atoms with Crippen LogP contribution < -0.4 is 5.56 Å². The highest BCUT2D eigenvalue weighted by atomic mass is 19.1. The van der Waals surface area contributed by atoms with Crippen LogP contribution in [0.3, 0.4) is 0 Å². The summed E-state index contributed by atoms with van der Waals surface area (Å²) in [6, 6.07) is 8.16. The van der Waals surface area contributed by atoms with Crippen LogP contribution in [-0.2, 0) is 0 Å². The first-order valence-electron chi connectivity index (χ1n) is 10.5. The Balaban J connectivity index is 1.83. The average molecular weight is 405 g/mol. The number of rotatable bonds is 2. The maximum atomic E-state index is 13.8. The molecule has 7 heteroatoms. The maximum Gasteiger partial charge on any atom is 0.262 e. The van der Waals surface area contributed by atoms with E-state index >= 15 is 0 Å². The van der Waals surface area contributed by atoms with Crippen molar-refractivity contribution in [1.29, 1.82) is 0 Å². The average Bonchev–Trinajstić information content (AvgIpc) is 3.10. The number of aryl methyl sites for hydroxylation is 1. The number of benzene rings is 1. The van der Waals surface area contributed by atoms with Crippen molar-refractivity contribution in [1.82, 2.24) is 24.1 Å². The van der Waals surface area contributed by atoms with Gasteiger partial charge in [-0.05, 0) is 55.5 Å². The predicted molar refractivity (Wildman–Crippen MR) is 114 cm³/mol. The van der Waals surface area contributed by atoms with Crippen molar-refractivity contribution in [2.24, 2.45) is 11.8 Å². The van der Waals surface area contributed by atoms with Crippen molar-refractivity contribution >= 4 is 16.7 Å². The third-order valence-corrected chi connectivity index (χ3v) is 6.60. The van der Waals surface area contributed by atoms with Gasteiger partial charge in [-0.1, -0.05) is 26.7 Å². The van der Waals surface area contributed by atoms with Gasteiger partial charge in [-0.15, -0.1) is 5.10 Å². The standard InChI is InChI=1S/C23H24FN5O/c1-13-5-4-6-19(14(13)2)28-12-11-18-20(22(28)30)21(16-7-9-17(24)10-8-16)29-23(26-18)25-15(3)27-29/h7-14,19H,4-6H2,1-3H3/t13-,14+,19+/m1/s1. The van der Waals surface area contributed by atoms with E-state index in [0.29, 0.717) is 45.6 Å². The zero-order valence-electron chi connectivity index (χ0n) is 17.3. The normalized spacial score (nSPS) is 22.1. The Morgan fingerprint density at radius 2 is 1.83 bits per heavy atom. The fourth-order valence-electron chi connectivity index (χ4n) is 4.78. The molecule has 0 spiro atoms. The van der Waals surface area contributed by atoms with Gasteiger partial charge < -0.3 is 4.57 Å². The molecular weight excluding hydrogens is 381 g/mol. The number of nitrogens with zero attached hydrogens (tertiary/aromatic N) is 5. The van der Waals surface area contributed by atoms with E-state index < -0.39 is 0 Å². The van der Waals surface area contributed by atoms with Crippen LogP contribution in [0.1, 0.15) is 45.0 Å². The first kappa shape index (κ1) is 18.9. The van der Waals surface area contributed by atoms with Gasteiger partial charge in [0.05, 0.1) is 16.6 Å². The summed E-state index contributed by atoms with van der Waals surface area (Å²) < 4.78 is 17.1. The summed E-state index contributed by atoms with van der Waals surface area (Å²) in [5.74, 6) is 1.65. The lowest BCUT2D eigenvalue weighted by Crippen LogP contribution is -2.33. The first-order valence-corrected chi connectivity index (χ1v) is 10.5. The Hall–Kier alpha value is -3.09. The Morgan fingerprint density at radius 1 is 1.07 bits per heavy atom. The lowest BCUT2D eigenvalue weighted by Gasteiger charge is -2.35. The second-order valence-electron chi connectivity index (χ2n) is 8.46. The molecule has 0 unspecified atom stereocenters. The number of hydrogen-bond donors (Lipinski definition) is 0. The minimum atomic E-state index is -0.328. The number of hydrogen-bond acceptors (Lipinski definition) is 4. The smallest absolute Gasteiger partial charge is 0.262 e. The van der Waals surface area contributed by atoms with E-state index in [2.05, 4.69) is 28.9 Å². The molecule has 6 nitrogen and oxygen atoms in total. The molecule has 5 rings (SSSR count). The molecule has 154 valence electrons. The van der Waals surface area contributed by atoms with Crippen LogP contribution in [0.4, 0.5) is 4.39 Å². The Bertz CT molecular complexity index is 1310. The minimum Gasteiger partial charge on any atom is -0.311 e. The van der Waals surface area contributed by atoms with E-state index in [9.17, 15) is 9.18 Å². The van der Waals surface area contributed by atoms with Crippen molar-refractivity contribution < 1.29 is 4.39 Å². The quantitative estimate of drug-likeness (QED) is 0.491. The molecule has 0 radical (unpaired) electrons. The number of pyridine rings is 1. The number of aromatic nitrogens is 5. The molecular formula is C23H24FN5O. The summed E-state index contributed by atoms with van der Waals surface area (Å²) in [5.41, 5.74) is 1.80. The van der Waals surface area contributed by atoms with Crippen LogP contribution in [0, 0.1) is 24.6 Å². The van der Waals surface area contributed by atoms with Gasteiger partial charge in [0.15, 0.2) is 0 Å². The zero-order chi connectivity index (χ0) is 21.0. The predicted octanol–water partition coefficient (Wildman–Crippen LogP) is 4.55. The van der Waals surface area contributed by atoms with Gasteiger partial charge in [0.25, 0.3) is 11.3 Å². The third-order valence-electron chi connectivity index (χ3n) is 6.60. The highest BCUT2D eigenvalue weighted by Gasteiger charge is 2.30. The topological polar surface area (TPSA) is 65.1 Å². The molecule has 0 bridgehead atoms. The number of fused-ring (bicyclic) bond motifs is 2. The summed E-state index contributed by atoms with van der Waals surface area (Å²) >= 11 is 0. The monoisotopic (exact) mass is 405 g/mol. The highest BCUT2D eigenvalue weighted by molar-refractivity contribution is 5.93. The summed E-state index contributed by atoms with van der Waals surface area (Å²) in [5, 5.41) is 4.97. The van der Waals surface area contributed by atoms with Crippen molar-refractivity contribution in [3.63, 3.8) is 0 Å². The van der Waals surface area contributed by atoms with E-state index in [1.807, 2.05) is 16.8 Å². The molecule has 0 N–H and O–H groups in total. The Kier molecular flexibility index (Phi) is 4.41. The molecule has 3 aromatic heterocycles. The fraction of sp³-hybridized carbons (Fsp3) is 0.391. The molecule has 0 saturated heterocycles. The van der Waals surface area contributed by atoms with Gasteiger partial charge in [0, 0.05) is 17.8 Å². The fourth-order valence-corrected chi connectivity index (χ4v) is 4.78. The Labute approximate surface area is 173 Å². The summed E-state index contributed by atoms with van der Waals surface area (Å²) in [4.78, 5) is 22.8. The molecule has 3 atom stereocenters. The largest absolute Gasteiger partial charge is 0.311 e. The van der Waals surface area contributed by atoms with Crippen LogP contribution in [-0.4, -0.2) is 24.1 Å². The lowest BCUT2D eigenvalue weighted by molar-refractivity contribution is 0.183. The van der Waals surface area contributed by atoms with Gasteiger partial charge in [-0.25, -0.2) is 9.37 Å². The van der Waals surface area contributed by atoms with Crippen LogP contribution in [0.25, 0.3) is 27.9 Å². The van der Waals surface area contributed by atoms with Crippen molar-refractivity contribution in [2.75, 3.05) is 0 Å². The van der Waals surface area contributed by atoms with Crippen molar-refractivity contribution in [3.05, 3.63) is 58.5 Å². The zero-order valence-corrected chi connectivity index (χ0v) is 17.3. The van der Waals surface area contributed by atoms with E-state index in [1.165, 1.54) is 18.6 Å². The summed E-state index contributed by atoms with van der Waals surface area (Å²) in [6.07, 6.45) is 5.16. The molecule has 1 fully saturated rings. The van der Waals surface area contributed by atoms with Gasteiger partial charge in [-0.2, -0.15) is 9.50 Å². The summed E-state index contributed by atoms with van der Waals surface area (Å²) in [7, 11) is 0. The first-order chi connectivity index (χ1) is 14.4. The van der Waals surface area contributed by atoms with Gasteiger partial charge in [0.2, 0.25) is 0 Å². The van der Waals surface area contributed by atoms with Gasteiger partial charge >= 0.3 is 0 Å². The second kappa shape index (κ2) is 7.00. The molecule has 1 aromatic carbocycles. The van der Waals surface area contributed by atoms with Crippen LogP contribution in [0.2, 0.25) is 0 Å². The molecule has 4 aromatic rings. The highest BCUT2D eigenvalue weighted by Crippen LogP contribution is 2.37. The summed E-state index contributed by atoms with van der Waals surface area (Å²) in [6.45, 7) is 6.28. The SMILES string of the molecule is Cc1nc2nc3ccn([C@H]4CCC[C@@H](C)[C@@H]4C)c(=O)c3c(-c3ccc(F)cc3)n2n1. The van der Waals surface area contributed by atoms with Crippen LogP contribution in [0.5, 0.6) is 0 Å². The lowest BCUT2D eigenvalue weighted by atomic mass is 9.78. The van der Waals surface area contributed by atoms with E-state index in [0.717, 1.165) is 12.8 Å². The number of halogens is 1. The van der Waals surface area contributed by atoms with E-state index in [4.69, 9.17) is 0 Å². The molecule has 0 amide bonds. The van der Waals surface area contributed by atoms with Crippen LogP contribution in [0.15, 0.2) is 41.3 Å². The third kappa shape index (κ3) is 2.91. The molecule has 3 heterocycles.